The molecule has 1 aliphatic heterocycles. The van der Waals surface area contributed by atoms with Gasteiger partial charge in [0.1, 0.15) is 13.2 Å². The van der Waals surface area contributed by atoms with Crippen molar-refractivity contribution in [3.05, 3.63) is 30.0 Å². The van der Waals surface area contributed by atoms with Crippen LogP contribution in [0.15, 0.2) is 24.4 Å². The summed E-state index contributed by atoms with van der Waals surface area (Å²) in [6, 6.07) is 5.49. The van der Waals surface area contributed by atoms with Crippen LogP contribution in [0, 0.1) is 0 Å². The third kappa shape index (κ3) is 6.01. The number of rotatable bonds is 7. The predicted molar refractivity (Wildman–Crippen MR) is 108 cm³/mol. The Bertz CT molecular complexity index is 850. The molecule has 1 aromatic heterocycles. The molecular formula is C21H29N3O5. The van der Waals surface area contributed by atoms with E-state index in [0.717, 1.165) is 36.8 Å². The zero-order chi connectivity index (χ0) is 20.9. The van der Waals surface area contributed by atoms with Gasteiger partial charge in [-0.3, -0.25) is 4.79 Å². The number of hydrogen-bond donors (Lipinski definition) is 1. The van der Waals surface area contributed by atoms with Crippen LogP contribution < -0.4 is 5.32 Å². The number of nitrogens with one attached hydrogen (secondary N) is 1. The van der Waals surface area contributed by atoms with E-state index in [9.17, 15) is 9.59 Å². The van der Waals surface area contributed by atoms with Gasteiger partial charge in [-0.1, -0.05) is 12.1 Å². The van der Waals surface area contributed by atoms with Gasteiger partial charge in [-0.2, -0.15) is 5.10 Å². The molecule has 2 aromatic rings. The highest BCUT2D eigenvalue weighted by molar-refractivity contribution is 6.00. The Kier molecular flexibility index (Phi) is 6.87. The Hall–Kier alpha value is -2.45. The van der Waals surface area contributed by atoms with Crippen molar-refractivity contribution in [2.45, 2.75) is 51.8 Å². The Labute approximate surface area is 170 Å². The number of ketones is 1. The quantitative estimate of drug-likeness (QED) is 0.562. The summed E-state index contributed by atoms with van der Waals surface area (Å²) in [6.45, 7) is 6.49. The zero-order valence-electron chi connectivity index (χ0n) is 17.3. The smallest absolute Gasteiger partial charge is 0.407 e. The fraction of sp³-hybridized carbons (Fsp3) is 0.571. The van der Waals surface area contributed by atoms with Crippen molar-refractivity contribution in [3.8, 4) is 0 Å². The van der Waals surface area contributed by atoms with E-state index in [0.29, 0.717) is 5.56 Å². The minimum absolute atomic E-state index is 0.0795. The van der Waals surface area contributed by atoms with Crippen LogP contribution in [0.5, 0.6) is 0 Å². The van der Waals surface area contributed by atoms with E-state index in [1.807, 2.05) is 37.6 Å². The standard InChI is InChI=1S/C21H29N3O5/c1-21(2,3)23-20(26)29-11-10-27-14-18(25)15-7-8-16-13-22-24(17(16)12-15)19-6-4-5-9-28-19/h7-8,12-13,19H,4-6,9-11,14H2,1-3H3,(H,23,26). The molecule has 0 saturated carbocycles. The van der Waals surface area contributed by atoms with Gasteiger partial charge in [-0.05, 0) is 46.1 Å². The van der Waals surface area contributed by atoms with E-state index in [-0.39, 0.29) is 37.4 Å². The van der Waals surface area contributed by atoms with Crippen LogP contribution in [0.25, 0.3) is 10.9 Å². The molecule has 158 valence electrons. The van der Waals surface area contributed by atoms with Crippen molar-refractivity contribution in [2.75, 3.05) is 26.4 Å². The molecule has 1 amide bonds. The summed E-state index contributed by atoms with van der Waals surface area (Å²) in [5.41, 5.74) is 1.08. The van der Waals surface area contributed by atoms with Gasteiger partial charge in [0.25, 0.3) is 0 Å². The number of carbonyl (C=O) groups excluding carboxylic acids is 2. The van der Waals surface area contributed by atoms with E-state index in [1.54, 1.807) is 12.3 Å². The second-order valence-corrected chi connectivity index (χ2v) is 8.17. The normalized spacial score (nSPS) is 17.3. The molecule has 1 unspecified atom stereocenters. The number of hydrogen-bond acceptors (Lipinski definition) is 6. The van der Waals surface area contributed by atoms with Crippen LogP contribution in [0.2, 0.25) is 0 Å². The minimum atomic E-state index is -0.504. The van der Waals surface area contributed by atoms with E-state index in [4.69, 9.17) is 14.2 Å². The molecule has 0 bridgehead atoms. The molecule has 8 heteroatoms. The molecule has 1 saturated heterocycles. The molecule has 1 aromatic carbocycles. The maximum Gasteiger partial charge on any atom is 0.407 e. The van der Waals surface area contributed by atoms with Crippen LogP contribution in [0.1, 0.15) is 56.6 Å². The molecule has 0 radical (unpaired) electrons. The largest absolute Gasteiger partial charge is 0.447 e. The zero-order valence-corrected chi connectivity index (χ0v) is 17.3. The van der Waals surface area contributed by atoms with Gasteiger partial charge in [-0.15, -0.1) is 0 Å². The summed E-state index contributed by atoms with van der Waals surface area (Å²) in [4.78, 5) is 24.0. The van der Waals surface area contributed by atoms with Crippen LogP contribution in [0.4, 0.5) is 4.79 Å². The Morgan fingerprint density at radius 2 is 2.10 bits per heavy atom. The van der Waals surface area contributed by atoms with E-state index in [1.165, 1.54) is 0 Å². The highest BCUT2D eigenvalue weighted by Gasteiger charge is 2.19. The van der Waals surface area contributed by atoms with Gasteiger partial charge < -0.3 is 19.5 Å². The fourth-order valence-corrected chi connectivity index (χ4v) is 3.14. The van der Waals surface area contributed by atoms with Gasteiger partial charge in [0.05, 0.1) is 18.3 Å². The Morgan fingerprint density at radius 1 is 1.28 bits per heavy atom. The summed E-state index contributed by atoms with van der Waals surface area (Å²) in [5, 5.41) is 8.10. The van der Waals surface area contributed by atoms with Gasteiger partial charge in [0.15, 0.2) is 12.0 Å². The van der Waals surface area contributed by atoms with Gasteiger partial charge in [0.2, 0.25) is 0 Å². The Balaban J connectivity index is 1.51. The minimum Gasteiger partial charge on any atom is -0.447 e. The van der Waals surface area contributed by atoms with E-state index >= 15 is 0 Å². The number of fused-ring (bicyclic) bond motifs is 1. The van der Waals surface area contributed by atoms with Gasteiger partial charge in [-0.25, -0.2) is 9.48 Å². The molecular weight excluding hydrogens is 374 g/mol. The predicted octanol–water partition coefficient (Wildman–Crippen LogP) is 3.46. The number of aromatic nitrogens is 2. The number of Topliss-reactive ketones (excluding diaryl/α,β-unsaturated/α-hetero) is 1. The van der Waals surface area contributed by atoms with E-state index < -0.39 is 6.09 Å². The number of benzene rings is 1. The monoisotopic (exact) mass is 403 g/mol. The topological polar surface area (TPSA) is 91.7 Å². The van der Waals surface area contributed by atoms with Crippen molar-refractivity contribution in [2.24, 2.45) is 0 Å². The van der Waals surface area contributed by atoms with Crippen LogP contribution in [0.3, 0.4) is 0 Å². The first-order valence-electron chi connectivity index (χ1n) is 9.98. The van der Waals surface area contributed by atoms with Crippen molar-refractivity contribution in [1.82, 2.24) is 15.1 Å². The maximum absolute atomic E-state index is 12.5. The highest BCUT2D eigenvalue weighted by atomic mass is 16.6. The highest BCUT2D eigenvalue weighted by Crippen LogP contribution is 2.26. The molecule has 0 spiro atoms. The molecule has 8 nitrogen and oxygen atoms in total. The van der Waals surface area contributed by atoms with Gasteiger partial charge in [0, 0.05) is 23.1 Å². The number of alkyl carbamates (subject to hydrolysis) is 1. The Morgan fingerprint density at radius 3 is 2.83 bits per heavy atom. The summed E-state index contributed by atoms with van der Waals surface area (Å²) in [7, 11) is 0. The van der Waals surface area contributed by atoms with Gasteiger partial charge >= 0.3 is 6.09 Å². The van der Waals surface area contributed by atoms with Crippen LogP contribution >= 0.6 is 0 Å². The lowest BCUT2D eigenvalue weighted by Crippen LogP contribution is -2.41. The number of carbonyl (C=O) groups is 2. The number of ether oxygens (including phenoxy) is 3. The molecule has 29 heavy (non-hydrogen) atoms. The summed E-state index contributed by atoms with van der Waals surface area (Å²) in [6.07, 6.45) is 4.29. The lowest BCUT2D eigenvalue weighted by atomic mass is 10.1. The van der Waals surface area contributed by atoms with Crippen LogP contribution in [-0.4, -0.2) is 53.6 Å². The molecule has 3 rings (SSSR count). The summed E-state index contributed by atoms with van der Waals surface area (Å²) < 4.78 is 18.1. The number of nitrogens with zero attached hydrogens (tertiary/aromatic N) is 2. The average molecular weight is 403 g/mol. The maximum atomic E-state index is 12.5. The third-order valence-corrected chi connectivity index (χ3v) is 4.52. The first-order chi connectivity index (χ1) is 13.8. The second kappa shape index (κ2) is 9.37. The fourth-order valence-electron chi connectivity index (χ4n) is 3.14. The average Bonchev–Trinajstić information content (AvgIpc) is 3.10. The van der Waals surface area contributed by atoms with Crippen molar-refractivity contribution < 1.29 is 23.8 Å². The van der Waals surface area contributed by atoms with Crippen LogP contribution in [-0.2, 0) is 14.2 Å². The number of amides is 1. The first-order valence-corrected chi connectivity index (χ1v) is 9.98. The molecule has 1 atom stereocenters. The molecule has 1 N–H and O–H groups in total. The lowest BCUT2D eigenvalue weighted by molar-refractivity contribution is -0.0366. The SMILES string of the molecule is CC(C)(C)NC(=O)OCCOCC(=O)c1ccc2cnn(C3CCCCO3)c2c1. The summed E-state index contributed by atoms with van der Waals surface area (Å²) >= 11 is 0. The van der Waals surface area contributed by atoms with Crippen molar-refractivity contribution >= 4 is 22.8 Å². The second-order valence-electron chi connectivity index (χ2n) is 8.17. The summed E-state index contributed by atoms with van der Waals surface area (Å²) in [5.74, 6) is -0.136. The van der Waals surface area contributed by atoms with Crippen molar-refractivity contribution in [3.63, 3.8) is 0 Å². The molecule has 2 heterocycles. The molecule has 0 aliphatic carbocycles. The molecule has 1 fully saturated rings. The third-order valence-electron chi connectivity index (χ3n) is 4.52. The first kappa shape index (κ1) is 21.3. The lowest BCUT2D eigenvalue weighted by Gasteiger charge is -2.23. The van der Waals surface area contributed by atoms with Crippen molar-refractivity contribution in [1.29, 1.82) is 0 Å². The molecule has 1 aliphatic rings. The van der Waals surface area contributed by atoms with E-state index in [2.05, 4.69) is 10.4 Å².